The first kappa shape index (κ1) is 17.7. The Bertz CT molecular complexity index is 1280. The van der Waals surface area contributed by atoms with Gasteiger partial charge in [0.15, 0.2) is 6.29 Å². The first-order chi connectivity index (χ1) is 13.7. The summed E-state index contributed by atoms with van der Waals surface area (Å²) in [5.41, 5.74) is 3.80. The Labute approximate surface area is 165 Å². The molecule has 4 nitrogen and oxygen atoms in total. The van der Waals surface area contributed by atoms with Gasteiger partial charge in [0, 0.05) is 17.3 Å². The van der Waals surface area contributed by atoms with Gasteiger partial charge in [0.25, 0.3) is 5.56 Å². The normalized spacial score (nSPS) is 10.4. The Kier molecular flexibility index (Phi) is 4.71. The summed E-state index contributed by atoms with van der Waals surface area (Å²) >= 11 is 1.39. The average Bonchev–Trinajstić information content (AvgIpc) is 3.23. The summed E-state index contributed by atoms with van der Waals surface area (Å²) in [7, 11) is 0. The lowest BCUT2D eigenvalue weighted by atomic mass is 10.00. The maximum absolute atomic E-state index is 13.2. The zero-order valence-electron chi connectivity index (χ0n) is 14.7. The summed E-state index contributed by atoms with van der Waals surface area (Å²) in [5, 5.41) is 11.2. The van der Waals surface area contributed by atoms with Crippen LogP contribution in [0.25, 0.3) is 27.9 Å². The zero-order chi connectivity index (χ0) is 19.5. The highest BCUT2D eigenvalue weighted by molar-refractivity contribution is 7.12. The minimum absolute atomic E-state index is 0.205. The first-order valence-electron chi connectivity index (χ1n) is 8.57. The van der Waals surface area contributed by atoms with Crippen molar-refractivity contribution in [2.75, 3.05) is 0 Å². The molecule has 5 heteroatoms. The molecule has 0 aliphatic carbocycles. The molecule has 134 valence electrons. The number of rotatable bonds is 4. The zero-order valence-corrected chi connectivity index (χ0v) is 15.5. The highest BCUT2D eigenvalue weighted by Crippen LogP contribution is 2.30. The van der Waals surface area contributed by atoms with Crippen LogP contribution in [-0.4, -0.2) is 10.9 Å². The van der Waals surface area contributed by atoms with Crippen molar-refractivity contribution in [1.82, 2.24) is 4.57 Å². The summed E-state index contributed by atoms with van der Waals surface area (Å²) < 4.78 is 1.49. The number of aromatic nitrogens is 1. The minimum atomic E-state index is -0.205. The Balaban J connectivity index is 1.86. The van der Waals surface area contributed by atoms with Crippen molar-refractivity contribution < 1.29 is 4.79 Å². The Morgan fingerprint density at radius 1 is 0.929 bits per heavy atom. The Morgan fingerprint density at radius 2 is 1.71 bits per heavy atom. The fraction of sp³-hybridized carbons (Fsp3) is 0. The van der Waals surface area contributed by atoms with Gasteiger partial charge in [-0.05, 0) is 52.9 Å². The lowest BCUT2D eigenvalue weighted by Gasteiger charge is -2.10. The van der Waals surface area contributed by atoms with E-state index in [1.165, 1.54) is 15.9 Å². The molecule has 2 aromatic carbocycles. The summed E-state index contributed by atoms with van der Waals surface area (Å²) in [6.45, 7) is 0. The molecule has 0 aliphatic rings. The lowest BCUT2D eigenvalue weighted by molar-refractivity contribution is 0.112. The largest absolute Gasteiger partial charge is 0.297 e. The van der Waals surface area contributed by atoms with Crippen LogP contribution < -0.4 is 5.56 Å². The monoisotopic (exact) mass is 382 g/mol. The van der Waals surface area contributed by atoms with Gasteiger partial charge in [0.05, 0.1) is 16.1 Å². The molecule has 4 aromatic rings. The second-order valence-corrected chi connectivity index (χ2v) is 7.07. The van der Waals surface area contributed by atoms with Gasteiger partial charge in [-0.25, -0.2) is 0 Å². The van der Waals surface area contributed by atoms with Crippen LogP contribution in [0.15, 0.2) is 83.1 Å². The third-order valence-electron chi connectivity index (χ3n) is 4.52. The third kappa shape index (κ3) is 3.07. The van der Waals surface area contributed by atoms with Gasteiger partial charge in [-0.1, -0.05) is 30.3 Å². The van der Waals surface area contributed by atoms with Crippen LogP contribution in [0.2, 0.25) is 0 Å². The second kappa shape index (κ2) is 7.47. The quantitative estimate of drug-likeness (QED) is 0.471. The molecule has 0 saturated heterocycles. The minimum Gasteiger partial charge on any atom is -0.297 e. The summed E-state index contributed by atoms with van der Waals surface area (Å²) in [4.78, 5) is 25.1. The molecular formula is C23H14N2O2S. The predicted molar refractivity (Wildman–Crippen MR) is 111 cm³/mol. The molecule has 0 aliphatic heterocycles. The Hall–Kier alpha value is -3.75. The third-order valence-corrected chi connectivity index (χ3v) is 5.36. The number of carbonyl (C=O) groups is 1. The van der Waals surface area contributed by atoms with Crippen molar-refractivity contribution in [3.63, 3.8) is 0 Å². The van der Waals surface area contributed by atoms with Crippen LogP contribution >= 0.6 is 11.3 Å². The number of carbonyl (C=O) groups excluding carboxylic acids is 1. The van der Waals surface area contributed by atoms with Crippen LogP contribution in [0.3, 0.4) is 0 Å². The number of thiophene rings is 1. The molecule has 0 radical (unpaired) electrons. The fourth-order valence-electron chi connectivity index (χ4n) is 3.19. The smallest absolute Gasteiger partial charge is 0.262 e. The van der Waals surface area contributed by atoms with Crippen molar-refractivity contribution in [2.24, 2.45) is 0 Å². The van der Waals surface area contributed by atoms with E-state index in [1.807, 2.05) is 35.7 Å². The number of nitriles is 1. The molecule has 2 heterocycles. The number of pyridine rings is 1. The van der Waals surface area contributed by atoms with Gasteiger partial charge in [0.2, 0.25) is 0 Å². The van der Waals surface area contributed by atoms with Crippen molar-refractivity contribution in [3.05, 3.63) is 99.1 Å². The van der Waals surface area contributed by atoms with E-state index in [0.717, 1.165) is 23.0 Å². The molecule has 0 spiro atoms. The maximum Gasteiger partial charge on any atom is 0.262 e. The molecule has 0 fully saturated rings. The standard InChI is InChI=1S/C23H14N2O2S/c24-14-18-5-1-2-9-21(18)25-11-4-8-20(23(25)27)17-7-3-6-16(13-17)19-10-12-28-22(19)15-26/h1-13,15H. The molecule has 2 aromatic heterocycles. The second-order valence-electron chi connectivity index (χ2n) is 6.12. The van der Waals surface area contributed by atoms with Crippen molar-refractivity contribution in [3.8, 4) is 34.0 Å². The highest BCUT2D eigenvalue weighted by Gasteiger charge is 2.12. The molecule has 0 amide bonds. The van der Waals surface area contributed by atoms with Crippen molar-refractivity contribution in [1.29, 1.82) is 5.26 Å². The van der Waals surface area contributed by atoms with Crippen molar-refractivity contribution in [2.45, 2.75) is 0 Å². The maximum atomic E-state index is 13.2. The van der Waals surface area contributed by atoms with Crippen LogP contribution in [0.5, 0.6) is 0 Å². The average molecular weight is 382 g/mol. The molecule has 0 saturated carbocycles. The van der Waals surface area contributed by atoms with E-state index in [9.17, 15) is 14.9 Å². The lowest BCUT2D eigenvalue weighted by Crippen LogP contribution is -2.20. The van der Waals surface area contributed by atoms with Crippen LogP contribution in [-0.2, 0) is 0 Å². The Morgan fingerprint density at radius 3 is 2.50 bits per heavy atom. The molecule has 4 rings (SSSR count). The molecule has 0 bridgehead atoms. The number of hydrogen-bond acceptors (Lipinski definition) is 4. The molecule has 0 unspecified atom stereocenters. The van der Waals surface area contributed by atoms with E-state index < -0.39 is 0 Å². The fourth-order valence-corrected chi connectivity index (χ4v) is 3.91. The number of benzene rings is 2. The predicted octanol–water partition coefficient (Wildman–Crippen LogP) is 4.92. The van der Waals surface area contributed by atoms with E-state index in [4.69, 9.17) is 0 Å². The summed E-state index contributed by atoms with van der Waals surface area (Å²) in [6.07, 6.45) is 2.51. The van der Waals surface area contributed by atoms with Crippen LogP contribution in [0, 0.1) is 11.3 Å². The first-order valence-corrected chi connectivity index (χ1v) is 9.45. The highest BCUT2D eigenvalue weighted by atomic mass is 32.1. The van der Waals surface area contributed by atoms with Gasteiger partial charge >= 0.3 is 0 Å². The SMILES string of the molecule is N#Cc1ccccc1-n1cccc(-c2cccc(-c3ccsc3C=O)c2)c1=O. The topological polar surface area (TPSA) is 62.9 Å². The van der Waals surface area contributed by atoms with Gasteiger partial charge in [-0.3, -0.25) is 14.2 Å². The number of aldehydes is 1. The number of para-hydroxylation sites is 1. The van der Waals surface area contributed by atoms with Gasteiger partial charge in [-0.15, -0.1) is 11.3 Å². The summed E-state index contributed by atoms with van der Waals surface area (Å²) in [5.74, 6) is 0. The molecule has 28 heavy (non-hydrogen) atoms. The summed E-state index contributed by atoms with van der Waals surface area (Å²) in [6, 6.07) is 22.2. The van der Waals surface area contributed by atoms with E-state index in [1.54, 1.807) is 42.6 Å². The van der Waals surface area contributed by atoms with E-state index in [2.05, 4.69) is 6.07 Å². The molecular weight excluding hydrogens is 368 g/mol. The van der Waals surface area contributed by atoms with Gasteiger partial charge in [-0.2, -0.15) is 5.26 Å². The van der Waals surface area contributed by atoms with Gasteiger partial charge in [0.1, 0.15) is 6.07 Å². The van der Waals surface area contributed by atoms with Crippen LogP contribution in [0.1, 0.15) is 15.2 Å². The van der Waals surface area contributed by atoms with E-state index in [0.29, 0.717) is 21.7 Å². The number of nitrogens with zero attached hydrogens (tertiary/aromatic N) is 2. The molecule has 0 atom stereocenters. The molecule has 0 N–H and O–H groups in total. The van der Waals surface area contributed by atoms with Crippen molar-refractivity contribution >= 4 is 17.6 Å². The number of hydrogen-bond donors (Lipinski definition) is 0. The van der Waals surface area contributed by atoms with Crippen LogP contribution in [0.4, 0.5) is 0 Å². The van der Waals surface area contributed by atoms with E-state index >= 15 is 0 Å². The van der Waals surface area contributed by atoms with Gasteiger partial charge < -0.3 is 0 Å². The van der Waals surface area contributed by atoms with E-state index in [-0.39, 0.29) is 5.56 Å².